The first kappa shape index (κ1) is 20.5. The van der Waals surface area contributed by atoms with E-state index in [0.29, 0.717) is 30.7 Å². The van der Waals surface area contributed by atoms with Gasteiger partial charge in [0.1, 0.15) is 5.75 Å². The molecule has 0 fully saturated rings. The molecule has 0 atom stereocenters. The highest BCUT2D eigenvalue weighted by atomic mass is 16.5. The molecule has 0 spiro atoms. The van der Waals surface area contributed by atoms with E-state index in [2.05, 4.69) is 25.7 Å². The second-order valence-corrected chi connectivity index (χ2v) is 7.24. The van der Waals surface area contributed by atoms with Crippen molar-refractivity contribution < 1.29 is 9.53 Å². The number of pyridine rings is 2. The van der Waals surface area contributed by atoms with Crippen LogP contribution in [0.15, 0.2) is 42.6 Å². The Balaban J connectivity index is 1.61. The molecule has 4 rings (SSSR count). The molecule has 0 bridgehead atoms. The van der Waals surface area contributed by atoms with Crippen molar-refractivity contribution in [3.63, 3.8) is 0 Å². The van der Waals surface area contributed by atoms with E-state index in [0.717, 1.165) is 39.5 Å². The molecular weight excluding hydrogens is 392 g/mol. The van der Waals surface area contributed by atoms with E-state index in [9.17, 15) is 4.79 Å². The lowest BCUT2D eigenvalue weighted by Gasteiger charge is -2.12. The first-order valence-corrected chi connectivity index (χ1v) is 10.2. The van der Waals surface area contributed by atoms with Crippen LogP contribution in [-0.2, 0) is 6.42 Å². The number of hydrogen-bond donors (Lipinski definition) is 2. The zero-order valence-corrected chi connectivity index (χ0v) is 17.8. The number of aromatic nitrogens is 5. The number of rotatable bonds is 7. The monoisotopic (exact) mass is 416 g/mol. The van der Waals surface area contributed by atoms with Crippen molar-refractivity contribution in [3.8, 4) is 17.0 Å². The summed E-state index contributed by atoms with van der Waals surface area (Å²) in [6.07, 6.45) is 2.43. The van der Waals surface area contributed by atoms with E-state index in [1.165, 1.54) is 0 Å². The van der Waals surface area contributed by atoms with Gasteiger partial charge in [-0.3, -0.25) is 14.9 Å². The van der Waals surface area contributed by atoms with Gasteiger partial charge in [-0.05, 0) is 51.1 Å². The van der Waals surface area contributed by atoms with Crippen molar-refractivity contribution in [3.05, 3.63) is 65.2 Å². The van der Waals surface area contributed by atoms with E-state index in [4.69, 9.17) is 9.72 Å². The average molecular weight is 416 g/mol. The summed E-state index contributed by atoms with van der Waals surface area (Å²) in [5, 5.41) is 14.3. The van der Waals surface area contributed by atoms with Gasteiger partial charge in [-0.15, -0.1) is 5.10 Å². The molecule has 31 heavy (non-hydrogen) atoms. The van der Waals surface area contributed by atoms with Crippen molar-refractivity contribution >= 4 is 16.8 Å². The van der Waals surface area contributed by atoms with Gasteiger partial charge in [0.25, 0.3) is 5.91 Å². The van der Waals surface area contributed by atoms with Gasteiger partial charge >= 0.3 is 0 Å². The predicted octanol–water partition coefficient (Wildman–Crippen LogP) is 3.40. The standard InChI is InChI=1S/C23H24N6O2/c1-4-31-22-12-20(17-6-5-14(2)25-13-17)26-21-11-16(7-8-18(21)22)23(30)24-10-9-19-15(3)27-29-28-19/h5-8,11-13H,4,9-10H2,1-3H3,(H,24,30)(H,27,28,29). The van der Waals surface area contributed by atoms with Gasteiger partial charge in [0, 0.05) is 47.4 Å². The molecule has 0 aliphatic carbocycles. The van der Waals surface area contributed by atoms with E-state index in [-0.39, 0.29) is 5.91 Å². The molecule has 0 aliphatic heterocycles. The first-order chi connectivity index (χ1) is 15.0. The Labute approximate surface area is 180 Å². The normalized spacial score (nSPS) is 10.9. The molecule has 8 nitrogen and oxygen atoms in total. The number of aromatic amines is 1. The first-order valence-electron chi connectivity index (χ1n) is 10.2. The van der Waals surface area contributed by atoms with Gasteiger partial charge in [0.15, 0.2) is 0 Å². The van der Waals surface area contributed by atoms with Crippen molar-refractivity contribution in [2.45, 2.75) is 27.2 Å². The van der Waals surface area contributed by atoms with E-state index < -0.39 is 0 Å². The Hall–Kier alpha value is -3.81. The molecule has 0 saturated heterocycles. The molecule has 3 aromatic heterocycles. The zero-order chi connectivity index (χ0) is 21.8. The fourth-order valence-electron chi connectivity index (χ4n) is 3.32. The number of fused-ring (bicyclic) bond motifs is 1. The van der Waals surface area contributed by atoms with Crippen LogP contribution in [-0.4, -0.2) is 44.4 Å². The van der Waals surface area contributed by atoms with Crippen LogP contribution >= 0.6 is 0 Å². The van der Waals surface area contributed by atoms with Gasteiger partial charge in [0.2, 0.25) is 0 Å². The minimum Gasteiger partial charge on any atom is -0.493 e. The highest BCUT2D eigenvalue weighted by molar-refractivity contribution is 5.99. The number of carbonyl (C=O) groups is 1. The second kappa shape index (κ2) is 8.91. The molecule has 0 radical (unpaired) electrons. The number of ether oxygens (including phenoxy) is 1. The zero-order valence-electron chi connectivity index (χ0n) is 17.8. The van der Waals surface area contributed by atoms with Crippen molar-refractivity contribution in [2.75, 3.05) is 13.2 Å². The van der Waals surface area contributed by atoms with Crippen LogP contribution in [0.2, 0.25) is 0 Å². The quantitative estimate of drug-likeness (QED) is 0.478. The minimum absolute atomic E-state index is 0.158. The maximum atomic E-state index is 12.7. The van der Waals surface area contributed by atoms with Crippen LogP contribution < -0.4 is 10.1 Å². The summed E-state index contributed by atoms with van der Waals surface area (Å²) in [5.41, 5.74) is 5.58. The number of carbonyl (C=O) groups excluding carboxylic acids is 1. The minimum atomic E-state index is -0.158. The second-order valence-electron chi connectivity index (χ2n) is 7.24. The number of aryl methyl sites for hydroxylation is 2. The topological polar surface area (TPSA) is 106 Å². The van der Waals surface area contributed by atoms with Gasteiger partial charge in [-0.2, -0.15) is 0 Å². The SMILES string of the molecule is CCOc1cc(-c2ccc(C)nc2)nc2cc(C(=O)NCCc3[nH]nnc3C)ccc12. The smallest absolute Gasteiger partial charge is 0.251 e. The van der Waals surface area contributed by atoms with Crippen molar-refractivity contribution in [1.29, 1.82) is 0 Å². The molecule has 0 unspecified atom stereocenters. The maximum Gasteiger partial charge on any atom is 0.251 e. The molecule has 8 heteroatoms. The van der Waals surface area contributed by atoms with Crippen molar-refractivity contribution in [1.82, 2.24) is 30.7 Å². The van der Waals surface area contributed by atoms with Crippen LogP contribution in [0.1, 0.15) is 34.4 Å². The summed E-state index contributed by atoms with van der Waals surface area (Å²) in [4.78, 5) is 21.8. The van der Waals surface area contributed by atoms with Crippen LogP contribution in [0, 0.1) is 13.8 Å². The molecule has 158 valence electrons. The van der Waals surface area contributed by atoms with Gasteiger partial charge in [-0.1, -0.05) is 5.21 Å². The fraction of sp³-hybridized carbons (Fsp3) is 0.261. The predicted molar refractivity (Wildman–Crippen MR) is 118 cm³/mol. The summed E-state index contributed by atoms with van der Waals surface area (Å²) < 4.78 is 5.85. The fourth-order valence-corrected chi connectivity index (χ4v) is 3.32. The summed E-state index contributed by atoms with van der Waals surface area (Å²) in [6, 6.07) is 11.3. The Kier molecular flexibility index (Phi) is 5.88. The summed E-state index contributed by atoms with van der Waals surface area (Å²) >= 11 is 0. The number of hydrogen-bond acceptors (Lipinski definition) is 6. The average Bonchev–Trinajstić information content (AvgIpc) is 3.18. The molecule has 2 N–H and O–H groups in total. The maximum absolute atomic E-state index is 12.7. The van der Waals surface area contributed by atoms with Crippen molar-refractivity contribution in [2.24, 2.45) is 0 Å². The highest BCUT2D eigenvalue weighted by Gasteiger charge is 2.13. The Morgan fingerprint density at radius 1 is 1.16 bits per heavy atom. The number of benzene rings is 1. The van der Waals surface area contributed by atoms with Crippen LogP contribution in [0.5, 0.6) is 5.75 Å². The Morgan fingerprint density at radius 2 is 2.03 bits per heavy atom. The van der Waals surface area contributed by atoms with Crippen LogP contribution in [0.4, 0.5) is 0 Å². The third-order valence-electron chi connectivity index (χ3n) is 5.02. The Morgan fingerprint density at radius 3 is 2.74 bits per heavy atom. The van der Waals surface area contributed by atoms with Crippen LogP contribution in [0.3, 0.4) is 0 Å². The summed E-state index contributed by atoms with van der Waals surface area (Å²) in [6.45, 7) is 6.78. The number of nitrogens with zero attached hydrogens (tertiary/aromatic N) is 4. The van der Waals surface area contributed by atoms with Gasteiger partial charge in [0.05, 0.1) is 29.2 Å². The molecule has 3 heterocycles. The number of amides is 1. The molecule has 0 saturated carbocycles. The van der Waals surface area contributed by atoms with E-state index in [1.54, 1.807) is 18.3 Å². The van der Waals surface area contributed by atoms with E-state index in [1.807, 2.05) is 45.0 Å². The molecule has 1 amide bonds. The summed E-state index contributed by atoms with van der Waals surface area (Å²) in [7, 11) is 0. The third-order valence-corrected chi connectivity index (χ3v) is 5.02. The molecular formula is C23H24N6O2. The largest absolute Gasteiger partial charge is 0.493 e. The van der Waals surface area contributed by atoms with Crippen LogP contribution in [0.25, 0.3) is 22.2 Å². The van der Waals surface area contributed by atoms with Gasteiger partial charge in [-0.25, -0.2) is 4.98 Å². The van der Waals surface area contributed by atoms with E-state index >= 15 is 0 Å². The lowest BCUT2D eigenvalue weighted by Crippen LogP contribution is -2.25. The third kappa shape index (κ3) is 4.53. The highest BCUT2D eigenvalue weighted by Crippen LogP contribution is 2.30. The lowest BCUT2D eigenvalue weighted by molar-refractivity contribution is 0.0954. The lowest BCUT2D eigenvalue weighted by atomic mass is 10.1. The Bertz CT molecular complexity index is 1220. The number of H-pyrrole nitrogens is 1. The molecule has 1 aromatic carbocycles. The van der Waals surface area contributed by atoms with Gasteiger partial charge < -0.3 is 10.1 Å². The molecule has 4 aromatic rings. The summed E-state index contributed by atoms with van der Waals surface area (Å²) in [5.74, 6) is 0.575. The molecule has 0 aliphatic rings. The number of nitrogens with one attached hydrogen (secondary N) is 2.